The molecule has 1 fully saturated rings. The standard InChI is InChI=1S/C17H23NO4S/c1-21-15-5-3-13(4-6-15)11-23-12-16(19)18-9-7-14(8-10-18)17(20)22-2/h3-6,14H,7-12H2,1-2H3. The number of carbonyl (C=O) groups is 2. The van der Waals surface area contributed by atoms with Crippen LogP contribution in [0.2, 0.25) is 0 Å². The van der Waals surface area contributed by atoms with Crippen molar-refractivity contribution < 1.29 is 19.1 Å². The molecule has 126 valence electrons. The number of amides is 1. The van der Waals surface area contributed by atoms with Crippen LogP contribution in [0.4, 0.5) is 0 Å². The smallest absolute Gasteiger partial charge is 0.308 e. The summed E-state index contributed by atoms with van der Waals surface area (Å²) in [6.45, 7) is 1.28. The van der Waals surface area contributed by atoms with Gasteiger partial charge in [-0.15, -0.1) is 11.8 Å². The SMILES string of the molecule is COC(=O)C1CCN(C(=O)CSCc2ccc(OC)cc2)CC1. The Morgan fingerprint density at radius 1 is 1.17 bits per heavy atom. The van der Waals surface area contributed by atoms with Crippen molar-refractivity contribution in [3.05, 3.63) is 29.8 Å². The number of carbonyl (C=O) groups excluding carboxylic acids is 2. The molecule has 0 N–H and O–H groups in total. The first-order valence-electron chi connectivity index (χ1n) is 7.70. The van der Waals surface area contributed by atoms with E-state index in [1.165, 1.54) is 12.7 Å². The molecule has 0 bridgehead atoms. The van der Waals surface area contributed by atoms with Crippen molar-refractivity contribution >= 4 is 23.6 Å². The molecular weight excluding hydrogens is 314 g/mol. The first kappa shape index (κ1) is 17.7. The number of thioether (sulfide) groups is 1. The zero-order valence-corrected chi connectivity index (χ0v) is 14.4. The normalized spacial score (nSPS) is 15.3. The van der Waals surface area contributed by atoms with Gasteiger partial charge >= 0.3 is 5.97 Å². The van der Waals surface area contributed by atoms with Gasteiger partial charge in [-0.25, -0.2) is 0 Å². The topological polar surface area (TPSA) is 55.8 Å². The third-order valence-corrected chi connectivity index (χ3v) is 5.02. The average molecular weight is 337 g/mol. The number of hydrogen-bond acceptors (Lipinski definition) is 5. The van der Waals surface area contributed by atoms with Crippen LogP contribution in [-0.2, 0) is 20.1 Å². The lowest BCUT2D eigenvalue weighted by Crippen LogP contribution is -2.41. The third-order valence-electron chi connectivity index (χ3n) is 4.04. The summed E-state index contributed by atoms with van der Waals surface area (Å²) >= 11 is 1.61. The van der Waals surface area contributed by atoms with Crippen molar-refractivity contribution in [3.8, 4) is 5.75 Å². The maximum atomic E-state index is 12.2. The molecule has 1 aromatic rings. The highest BCUT2D eigenvalue weighted by atomic mass is 32.2. The van der Waals surface area contributed by atoms with E-state index >= 15 is 0 Å². The molecule has 1 heterocycles. The van der Waals surface area contributed by atoms with Crippen LogP contribution in [0.25, 0.3) is 0 Å². The van der Waals surface area contributed by atoms with Crippen molar-refractivity contribution in [1.29, 1.82) is 0 Å². The van der Waals surface area contributed by atoms with Crippen LogP contribution in [0.1, 0.15) is 18.4 Å². The molecule has 1 saturated heterocycles. The lowest BCUT2D eigenvalue weighted by atomic mass is 9.97. The van der Waals surface area contributed by atoms with Gasteiger partial charge < -0.3 is 14.4 Å². The monoisotopic (exact) mass is 337 g/mol. The number of ether oxygens (including phenoxy) is 2. The average Bonchev–Trinajstić information content (AvgIpc) is 2.61. The van der Waals surface area contributed by atoms with Gasteiger partial charge in [0, 0.05) is 18.8 Å². The Kier molecular flexibility index (Phi) is 6.77. The van der Waals surface area contributed by atoms with E-state index in [9.17, 15) is 9.59 Å². The molecule has 0 radical (unpaired) electrons. The van der Waals surface area contributed by atoms with E-state index in [1.54, 1.807) is 18.9 Å². The summed E-state index contributed by atoms with van der Waals surface area (Å²) in [5.74, 6) is 2.03. The molecule has 1 aliphatic rings. The lowest BCUT2D eigenvalue weighted by Gasteiger charge is -2.30. The second-order valence-electron chi connectivity index (χ2n) is 5.52. The predicted molar refractivity (Wildman–Crippen MR) is 90.5 cm³/mol. The van der Waals surface area contributed by atoms with Crippen molar-refractivity contribution in [1.82, 2.24) is 4.90 Å². The highest BCUT2D eigenvalue weighted by molar-refractivity contribution is 7.99. The zero-order chi connectivity index (χ0) is 16.7. The fourth-order valence-electron chi connectivity index (χ4n) is 2.60. The Balaban J connectivity index is 1.70. The molecule has 0 saturated carbocycles. The van der Waals surface area contributed by atoms with Crippen LogP contribution < -0.4 is 4.74 Å². The Morgan fingerprint density at radius 2 is 1.83 bits per heavy atom. The van der Waals surface area contributed by atoms with Crippen molar-refractivity contribution in [2.24, 2.45) is 5.92 Å². The van der Waals surface area contributed by atoms with Crippen LogP contribution in [0.5, 0.6) is 5.75 Å². The predicted octanol–water partition coefficient (Wildman–Crippen LogP) is 2.34. The first-order valence-corrected chi connectivity index (χ1v) is 8.85. The number of hydrogen-bond donors (Lipinski definition) is 0. The molecular formula is C17H23NO4S. The highest BCUT2D eigenvalue weighted by Crippen LogP contribution is 2.21. The Bertz CT molecular complexity index is 524. The quantitative estimate of drug-likeness (QED) is 0.746. The molecule has 0 aliphatic carbocycles. The molecule has 5 nitrogen and oxygen atoms in total. The minimum atomic E-state index is -0.161. The van der Waals surface area contributed by atoms with E-state index in [4.69, 9.17) is 9.47 Å². The van der Waals surface area contributed by atoms with Gasteiger partial charge in [0.25, 0.3) is 0 Å². The van der Waals surface area contributed by atoms with E-state index in [-0.39, 0.29) is 17.8 Å². The number of rotatable bonds is 6. The van der Waals surface area contributed by atoms with Crippen molar-refractivity contribution in [2.75, 3.05) is 33.1 Å². The zero-order valence-electron chi connectivity index (χ0n) is 13.6. The van der Waals surface area contributed by atoms with E-state index in [2.05, 4.69) is 0 Å². The van der Waals surface area contributed by atoms with Gasteiger partial charge in [-0.2, -0.15) is 0 Å². The van der Waals surface area contributed by atoms with Gasteiger partial charge in [-0.3, -0.25) is 9.59 Å². The van der Waals surface area contributed by atoms with E-state index in [1.807, 2.05) is 29.2 Å². The van der Waals surface area contributed by atoms with Gasteiger partial charge in [-0.05, 0) is 30.5 Å². The summed E-state index contributed by atoms with van der Waals surface area (Å²) in [6, 6.07) is 7.88. The number of esters is 1. The van der Waals surface area contributed by atoms with Gasteiger partial charge in [0.05, 0.1) is 25.9 Å². The minimum absolute atomic E-state index is 0.0593. The van der Waals surface area contributed by atoms with Gasteiger partial charge in [0.1, 0.15) is 5.75 Å². The van der Waals surface area contributed by atoms with E-state index in [0.717, 1.165) is 11.5 Å². The molecule has 1 aliphatic heterocycles. The summed E-state index contributed by atoms with van der Waals surface area (Å²) in [7, 11) is 3.06. The molecule has 1 aromatic carbocycles. The summed E-state index contributed by atoms with van der Waals surface area (Å²) in [4.78, 5) is 25.5. The second-order valence-corrected chi connectivity index (χ2v) is 6.50. The highest BCUT2D eigenvalue weighted by Gasteiger charge is 2.27. The van der Waals surface area contributed by atoms with E-state index < -0.39 is 0 Å². The van der Waals surface area contributed by atoms with Crippen LogP contribution >= 0.6 is 11.8 Å². The largest absolute Gasteiger partial charge is 0.497 e. The van der Waals surface area contributed by atoms with E-state index in [0.29, 0.717) is 31.7 Å². The fourth-order valence-corrected chi connectivity index (χ4v) is 3.49. The molecule has 0 aromatic heterocycles. The summed E-state index contributed by atoms with van der Waals surface area (Å²) < 4.78 is 9.88. The molecule has 6 heteroatoms. The Labute approximate surface area is 141 Å². The molecule has 23 heavy (non-hydrogen) atoms. The molecule has 0 unspecified atom stereocenters. The van der Waals surface area contributed by atoms with Crippen LogP contribution in [0.15, 0.2) is 24.3 Å². The maximum absolute atomic E-state index is 12.2. The number of likely N-dealkylation sites (tertiary alicyclic amines) is 1. The fraction of sp³-hybridized carbons (Fsp3) is 0.529. The van der Waals surface area contributed by atoms with Crippen LogP contribution in [0.3, 0.4) is 0 Å². The number of methoxy groups -OCH3 is 2. The summed E-state index contributed by atoms with van der Waals surface area (Å²) in [5.41, 5.74) is 1.17. The number of benzene rings is 1. The first-order chi connectivity index (χ1) is 11.1. The molecule has 1 amide bonds. The minimum Gasteiger partial charge on any atom is -0.497 e. The van der Waals surface area contributed by atoms with Gasteiger partial charge in [0.2, 0.25) is 5.91 Å². The lowest BCUT2D eigenvalue weighted by molar-refractivity contribution is -0.148. The van der Waals surface area contributed by atoms with Crippen LogP contribution in [-0.4, -0.2) is 49.8 Å². The number of nitrogens with zero attached hydrogens (tertiary/aromatic N) is 1. The Hall–Kier alpha value is -1.69. The Morgan fingerprint density at radius 3 is 2.39 bits per heavy atom. The van der Waals surface area contributed by atoms with Crippen molar-refractivity contribution in [3.63, 3.8) is 0 Å². The molecule has 0 spiro atoms. The van der Waals surface area contributed by atoms with Gasteiger partial charge in [0.15, 0.2) is 0 Å². The molecule has 0 atom stereocenters. The summed E-state index contributed by atoms with van der Waals surface area (Å²) in [5, 5.41) is 0. The van der Waals surface area contributed by atoms with Gasteiger partial charge in [-0.1, -0.05) is 12.1 Å². The molecule has 2 rings (SSSR count). The maximum Gasteiger partial charge on any atom is 0.308 e. The van der Waals surface area contributed by atoms with Crippen molar-refractivity contribution in [2.45, 2.75) is 18.6 Å². The number of piperidine rings is 1. The second kappa shape index (κ2) is 8.82. The third kappa shape index (κ3) is 5.16. The van der Waals surface area contributed by atoms with Crippen LogP contribution in [0, 0.1) is 5.92 Å². The summed E-state index contributed by atoms with van der Waals surface area (Å²) in [6.07, 6.45) is 1.39.